The SMILES string of the molecule is CC#N.CC1(C)CCCC(C)(C)N1N. The first-order chi connectivity index (χ1) is 6.28. The molecule has 0 spiro atoms. The van der Waals surface area contributed by atoms with Gasteiger partial charge >= 0.3 is 0 Å². The van der Waals surface area contributed by atoms with Gasteiger partial charge in [0.1, 0.15) is 0 Å². The van der Waals surface area contributed by atoms with Gasteiger partial charge in [0.05, 0.1) is 6.07 Å². The first kappa shape index (κ1) is 13.4. The Morgan fingerprint density at radius 1 is 1.14 bits per heavy atom. The largest absolute Gasteiger partial charge is 0.268 e. The Labute approximate surface area is 87.9 Å². The van der Waals surface area contributed by atoms with E-state index in [1.165, 1.54) is 26.2 Å². The molecule has 1 aliphatic rings. The van der Waals surface area contributed by atoms with Gasteiger partial charge in [-0.3, -0.25) is 5.84 Å². The van der Waals surface area contributed by atoms with Crippen molar-refractivity contribution >= 4 is 0 Å². The molecule has 3 heteroatoms. The van der Waals surface area contributed by atoms with E-state index >= 15 is 0 Å². The summed E-state index contributed by atoms with van der Waals surface area (Å²) < 4.78 is 0. The Morgan fingerprint density at radius 2 is 1.43 bits per heavy atom. The van der Waals surface area contributed by atoms with Crippen molar-refractivity contribution < 1.29 is 0 Å². The number of rotatable bonds is 0. The van der Waals surface area contributed by atoms with Crippen LogP contribution < -0.4 is 5.84 Å². The highest BCUT2D eigenvalue weighted by molar-refractivity contribution is 4.93. The molecule has 1 fully saturated rings. The lowest BCUT2D eigenvalue weighted by atomic mass is 9.82. The number of nitriles is 1. The summed E-state index contributed by atoms with van der Waals surface area (Å²) in [6, 6.07) is 1.75. The van der Waals surface area contributed by atoms with Crippen molar-refractivity contribution in [1.29, 1.82) is 5.26 Å². The van der Waals surface area contributed by atoms with E-state index < -0.39 is 0 Å². The third-order valence-corrected chi connectivity index (χ3v) is 2.88. The fourth-order valence-electron chi connectivity index (χ4n) is 2.01. The molecule has 1 aliphatic heterocycles. The maximum absolute atomic E-state index is 7.32. The van der Waals surface area contributed by atoms with Crippen LogP contribution in [0.3, 0.4) is 0 Å². The molecule has 0 saturated carbocycles. The van der Waals surface area contributed by atoms with Crippen molar-refractivity contribution in [2.75, 3.05) is 0 Å². The van der Waals surface area contributed by atoms with E-state index in [9.17, 15) is 0 Å². The molecule has 0 radical (unpaired) electrons. The predicted octanol–water partition coefficient (Wildman–Crippen LogP) is 2.43. The lowest BCUT2D eigenvalue weighted by molar-refractivity contribution is -0.0278. The lowest BCUT2D eigenvalue weighted by Gasteiger charge is -2.50. The molecule has 1 heterocycles. The Morgan fingerprint density at radius 3 is 1.64 bits per heavy atom. The van der Waals surface area contributed by atoms with Crippen LogP contribution >= 0.6 is 0 Å². The van der Waals surface area contributed by atoms with Gasteiger partial charge in [0, 0.05) is 18.0 Å². The highest BCUT2D eigenvalue weighted by Crippen LogP contribution is 2.34. The zero-order valence-electron chi connectivity index (χ0n) is 10.1. The maximum Gasteiger partial charge on any atom is 0.0587 e. The number of nitrogens with zero attached hydrogens (tertiary/aromatic N) is 2. The molecular formula is C11H23N3. The van der Waals surface area contributed by atoms with Crippen LogP contribution in [0, 0.1) is 11.3 Å². The normalized spacial score (nSPS) is 24.4. The van der Waals surface area contributed by atoms with E-state index in [0.717, 1.165) is 0 Å². The minimum atomic E-state index is 0.182. The minimum absolute atomic E-state index is 0.182. The summed E-state index contributed by atoms with van der Waals surface area (Å²) >= 11 is 0. The van der Waals surface area contributed by atoms with E-state index in [1.54, 1.807) is 6.07 Å². The van der Waals surface area contributed by atoms with Crippen molar-refractivity contribution in [1.82, 2.24) is 5.01 Å². The van der Waals surface area contributed by atoms with E-state index in [2.05, 4.69) is 27.7 Å². The van der Waals surface area contributed by atoms with Gasteiger partial charge in [0.15, 0.2) is 0 Å². The summed E-state index contributed by atoms with van der Waals surface area (Å²) in [5.74, 6) is 6.02. The summed E-state index contributed by atoms with van der Waals surface area (Å²) in [5, 5.41) is 9.34. The highest BCUT2D eigenvalue weighted by atomic mass is 15.5. The van der Waals surface area contributed by atoms with Gasteiger partial charge in [-0.1, -0.05) is 0 Å². The van der Waals surface area contributed by atoms with Crippen molar-refractivity contribution in [3.8, 4) is 6.07 Å². The summed E-state index contributed by atoms with van der Waals surface area (Å²) in [6.07, 6.45) is 3.73. The van der Waals surface area contributed by atoms with Gasteiger partial charge in [-0.15, -0.1) is 0 Å². The Kier molecular flexibility index (Phi) is 4.57. The van der Waals surface area contributed by atoms with Crippen molar-refractivity contribution in [2.45, 2.75) is 65.0 Å². The average molecular weight is 197 g/mol. The van der Waals surface area contributed by atoms with Crippen LogP contribution in [0.4, 0.5) is 0 Å². The topological polar surface area (TPSA) is 53.0 Å². The number of hydrogen-bond donors (Lipinski definition) is 1. The van der Waals surface area contributed by atoms with Crippen LogP contribution in [0.1, 0.15) is 53.9 Å². The molecule has 0 atom stereocenters. The molecule has 1 saturated heterocycles. The van der Waals surface area contributed by atoms with Crippen LogP contribution in [0.5, 0.6) is 0 Å². The van der Waals surface area contributed by atoms with Gasteiger partial charge in [-0.2, -0.15) is 5.26 Å². The molecule has 1 rings (SSSR count). The number of piperidine rings is 1. The van der Waals surface area contributed by atoms with E-state index in [-0.39, 0.29) is 11.1 Å². The molecular weight excluding hydrogens is 174 g/mol. The molecule has 0 aromatic carbocycles. The zero-order valence-corrected chi connectivity index (χ0v) is 10.1. The van der Waals surface area contributed by atoms with Crippen LogP contribution in [0.25, 0.3) is 0 Å². The fourth-order valence-corrected chi connectivity index (χ4v) is 2.01. The third-order valence-electron chi connectivity index (χ3n) is 2.88. The number of nitrogens with two attached hydrogens (primary N) is 1. The summed E-state index contributed by atoms with van der Waals surface area (Å²) in [6.45, 7) is 10.3. The molecule has 0 unspecified atom stereocenters. The summed E-state index contributed by atoms with van der Waals surface area (Å²) in [5.41, 5.74) is 0.365. The Balaban J connectivity index is 0.000000500. The standard InChI is InChI=1S/C9H20N2.C2H3N/c1-8(2)6-5-7-9(3,4)11(8)10;1-2-3/h5-7,10H2,1-4H3;1H3. The van der Waals surface area contributed by atoms with Gasteiger partial charge in [0.2, 0.25) is 0 Å². The Bertz CT molecular complexity index is 197. The van der Waals surface area contributed by atoms with Crippen molar-refractivity contribution in [3.05, 3.63) is 0 Å². The molecule has 0 aromatic heterocycles. The number of hydrazine groups is 1. The highest BCUT2D eigenvalue weighted by Gasteiger charge is 2.38. The smallest absolute Gasteiger partial charge is 0.0587 e. The summed E-state index contributed by atoms with van der Waals surface area (Å²) in [4.78, 5) is 0. The van der Waals surface area contributed by atoms with E-state index in [0.29, 0.717) is 0 Å². The van der Waals surface area contributed by atoms with Crippen LogP contribution in [-0.4, -0.2) is 16.1 Å². The fraction of sp³-hybridized carbons (Fsp3) is 0.909. The quantitative estimate of drug-likeness (QED) is 0.607. The molecule has 14 heavy (non-hydrogen) atoms. The van der Waals surface area contributed by atoms with Crippen molar-refractivity contribution in [3.63, 3.8) is 0 Å². The van der Waals surface area contributed by atoms with Crippen LogP contribution in [0.2, 0.25) is 0 Å². The second kappa shape index (κ2) is 4.77. The minimum Gasteiger partial charge on any atom is -0.268 e. The maximum atomic E-state index is 7.32. The van der Waals surface area contributed by atoms with Crippen LogP contribution in [-0.2, 0) is 0 Å². The monoisotopic (exact) mass is 197 g/mol. The number of hydrogen-bond acceptors (Lipinski definition) is 3. The second-order valence-electron chi connectivity index (χ2n) is 5.07. The first-order valence-electron chi connectivity index (χ1n) is 5.14. The van der Waals surface area contributed by atoms with Crippen LogP contribution in [0.15, 0.2) is 0 Å². The third kappa shape index (κ3) is 3.28. The van der Waals surface area contributed by atoms with Gasteiger partial charge in [0.25, 0.3) is 0 Å². The molecule has 2 N–H and O–H groups in total. The molecule has 0 aliphatic carbocycles. The predicted molar refractivity (Wildman–Crippen MR) is 59.3 cm³/mol. The lowest BCUT2D eigenvalue weighted by Crippen LogP contribution is -2.62. The van der Waals surface area contributed by atoms with Gasteiger partial charge in [-0.25, -0.2) is 5.01 Å². The zero-order chi connectivity index (χ0) is 11.4. The molecule has 82 valence electrons. The van der Waals surface area contributed by atoms with Gasteiger partial charge < -0.3 is 0 Å². The molecule has 0 aromatic rings. The first-order valence-corrected chi connectivity index (χ1v) is 5.14. The Hall–Kier alpha value is -0.590. The van der Waals surface area contributed by atoms with Gasteiger partial charge in [-0.05, 0) is 47.0 Å². The average Bonchev–Trinajstić information content (AvgIpc) is 2.01. The molecule has 0 bridgehead atoms. The molecule has 3 nitrogen and oxygen atoms in total. The van der Waals surface area contributed by atoms with E-state index in [1.807, 2.05) is 5.01 Å². The summed E-state index contributed by atoms with van der Waals surface area (Å²) in [7, 11) is 0. The van der Waals surface area contributed by atoms with E-state index in [4.69, 9.17) is 11.1 Å². The van der Waals surface area contributed by atoms with Crippen molar-refractivity contribution in [2.24, 2.45) is 5.84 Å². The second-order valence-corrected chi connectivity index (χ2v) is 5.07. The molecule has 0 amide bonds.